The Bertz CT molecular complexity index is 1430. The van der Waals surface area contributed by atoms with Gasteiger partial charge in [0.15, 0.2) is 17.2 Å². The van der Waals surface area contributed by atoms with E-state index >= 15 is 0 Å². The first-order valence-electron chi connectivity index (χ1n) is 14.8. The number of aliphatic hydroxyl groups excluding tert-OH is 2. The molecule has 0 bridgehead atoms. The van der Waals surface area contributed by atoms with Gasteiger partial charge in [-0.2, -0.15) is 0 Å². The smallest absolute Gasteiger partial charge is 0.407 e. The summed E-state index contributed by atoms with van der Waals surface area (Å²) in [7, 11) is 0. The van der Waals surface area contributed by atoms with Crippen molar-refractivity contribution < 1.29 is 44.3 Å². The third kappa shape index (κ3) is 5.61. The Morgan fingerprint density at radius 1 is 1.16 bits per heavy atom. The van der Waals surface area contributed by atoms with Gasteiger partial charge < -0.3 is 36.2 Å². The zero-order valence-corrected chi connectivity index (χ0v) is 28.3. The van der Waals surface area contributed by atoms with E-state index in [0.29, 0.717) is 5.56 Å². The second-order valence-corrected chi connectivity index (χ2v) is 16.5. The molecule has 2 saturated carbocycles. The summed E-state index contributed by atoms with van der Waals surface area (Å²) in [5, 5.41) is 49.4. The monoisotopic (exact) mass is 690 g/mol. The first-order valence-corrected chi connectivity index (χ1v) is 16.0. The van der Waals surface area contributed by atoms with Gasteiger partial charge in [-0.3, -0.25) is 14.4 Å². The van der Waals surface area contributed by atoms with Crippen LogP contribution in [0.5, 0.6) is 5.75 Å². The molecule has 1 aromatic rings. The summed E-state index contributed by atoms with van der Waals surface area (Å²) < 4.78 is 3.05. The van der Waals surface area contributed by atoms with Crippen molar-refractivity contribution >= 4 is 58.4 Å². The number of nitrogens with one attached hydrogen (secondary N) is 1. The van der Waals surface area contributed by atoms with Crippen molar-refractivity contribution in [2.45, 2.75) is 88.4 Å². The number of rotatable bonds is 6. The number of phenolic OH excluding ortho intramolecular Hbond substituents is 1. The molecule has 1 aromatic carbocycles. The fourth-order valence-corrected chi connectivity index (χ4v) is 8.86. The third-order valence-corrected chi connectivity index (χ3v) is 10.6. The molecule has 2 unspecified atom stereocenters. The summed E-state index contributed by atoms with van der Waals surface area (Å²) in [4.78, 5) is 53.0. The van der Waals surface area contributed by atoms with Crippen LogP contribution in [0.25, 0.3) is 0 Å². The van der Waals surface area contributed by atoms with Gasteiger partial charge in [0, 0.05) is 17.5 Å². The lowest BCUT2D eigenvalue weighted by atomic mass is 9.39. The molecular weight excluding hydrogens is 651 g/mol. The SMILES string of the molecule is CC(C)c1cc(CNC(=O)OCC(Cl)(Cl)Cl)c(O)c2c1C[C@]1(C)C[C@]3(C)[C@@H](C(C)C)C(O)[C@@H](C(N)=O)C(=O)[C@]3(O)C(O)[C@H]1C2=O. The number of phenols is 1. The number of aromatic hydroxyl groups is 1. The number of halogens is 3. The van der Waals surface area contributed by atoms with Gasteiger partial charge in [-0.05, 0) is 53.2 Å². The van der Waals surface area contributed by atoms with Crippen molar-refractivity contribution in [1.82, 2.24) is 5.32 Å². The molecule has 45 heavy (non-hydrogen) atoms. The van der Waals surface area contributed by atoms with Gasteiger partial charge in [0.2, 0.25) is 9.70 Å². The number of nitrogens with two attached hydrogens (primary N) is 1. The first-order chi connectivity index (χ1) is 20.5. The van der Waals surface area contributed by atoms with E-state index in [2.05, 4.69) is 5.32 Å². The van der Waals surface area contributed by atoms with Crippen LogP contribution in [0.1, 0.15) is 80.9 Å². The Hall–Kier alpha value is -2.15. The fraction of sp³-hybridized carbons (Fsp3) is 0.677. The number of alkyl carbamates (subject to hydrolysis) is 1. The number of carbonyl (C=O) groups excluding carboxylic acids is 4. The van der Waals surface area contributed by atoms with Gasteiger partial charge in [-0.25, -0.2) is 4.79 Å². The van der Waals surface area contributed by atoms with Gasteiger partial charge in [0.1, 0.15) is 24.4 Å². The molecule has 7 N–H and O–H groups in total. The predicted octanol–water partition coefficient (Wildman–Crippen LogP) is 3.29. The zero-order valence-electron chi connectivity index (χ0n) is 26.0. The maximum atomic E-state index is 14.4. The topological polar surface area (TPSA) is 196 Å². The molecule has 3 aliphatic carbocycles. The lowest BCUT2D eigenvalue weighted by molar-refractivity contribution is -0.265. The largest absolute Gasteiger partial charge is 0.507 e. The summed E-state index contributed by atoms with van der Waals surface area (Å²) in [6.07, 6.45) is -4.21. The molecule has 0 heterocycles. The number of aliphatic hydroxyl groups is 3. The van der Waals surface area contributed by atoms with Crippen molar-refractivity contribution in [3.63, 3.8) is 0 Å². The summed E-state index contributed by atoms with van der Waals surface area (Å²) in [5.74, 6) is -7.89. The summed E-state index contributed by atoms with van der Waals surface area (Å²) >= 11 is 16.9. The van der Waals surface area contributed by atoms with Crippen LogP contribution in [-0.2, 0) is 27.3 Å². The van der Waals surface area contributed by atoms with Crippen LogP contribution in [0.2, 0.25) is 0 Å². The maximum absolute atomic E-state index is 14.4. The molecule has 3 aliphatic rings. The number of amides is 2. The number of fused-ring (bicyclic) bond motifs is 3. The van der Waals surface area contributed by atoms with E-state index in [1.165, 1.54) is 0 Å². The van der Waals surface area contributed by atoms with E-state index < -0.39 is 86.1 Å². The van der Waals surface area contributed by atoms with Crippen molar-refractivity contribution in [1.29, 1.82) is 0 Å². The van der Waals surface area contributed by atoms with Crippen LogP contribution in [0.4, 0.5) is 4.79 Å². The van der Waals surface area contributed by atoms with Crippen LogP contribution in [0.3, 0.4) is 0 Å². The minimum absolute atomic E-state index is 0.0389. The minimum Gasteiger partial charge on any atom is -0.507 e. The highest BCUT2D eigenvalue weighted by Crippen LogP contribution is 2.66. The first kappa shape index (κ1) is 35.7. The van der Waals surface area contributed by atoms with Crippen molar-refractivity contribution in [3.8, 4) is 5.75 Å². The van der Waals surface area contributed by atoms with E-state index in [-0.39, 0.29) is 42.3 Å². The number of Topliss-reactive ketones (excluding diaryl/α,β-unsaturated/α-hetero) is 2. The van der Waals surface area contributed by atoms with Gasteiger partial charge in [0.25, 0.3) is 0 Å². The number of ether oxygens (including phenoxy) is 1. The Morgan fingerprint density at radius 2 is 1.76 bits per heavy atom. The highest BCUT2D eigenvalue weighted by atomic mass is 35.6. The molecule has 0 aliphatic heterocycles. The number of alkyl halides is 3. The maximum Gasteiger partial charge on any atom is 0.407 e. The quantitative estimate of drug-likeness (QED) is 0.192. The summed E-state index contributed by atoms with van der Waals surface area (Å²) in [6.45, 7) is 9.99. The van der Waals surface area contributed by atoms with Gasteiger partial charge >= 0.3 is 6.09 Å². The third-order valence-electron chi connectivity index (χ3n) is 10.3. The van der Waals surface area contributed by atoms with E-state index in [1.807, 2.05) is 13.8 Å². The predicted molar refractivity (Wildman–Crippen MR) is 166 cm³/mol. The second kappa shape index (κ2) is 11.8. The van der Waals surface area contributed by atoms with Crippen molar-refractivity contribution in [2.75, 3.05) is 6.61 Å². The summed E-state index contributed by atoms with van der Waals surface area (Å²) in [5.41, 5.74) is 1.79. The van der Waals surface area contributed by atoms with Crippen LogP contribution in [-0.4, -0.2) is 72.2 Å². The van der Waals surface area contributed by atoms with Crippen LogP contribution in [0, 0.1) is 34.5 Å². The zero-order chi connectivity index (χ0) is 34.2. The lowest BCUT2D eigenvalue weighted by Crippen LogP contribution is -2.79. The average Bonchev–Trinajstić information content (AvgIpc) is 2.88. The van der Waals surface area contributed by atoms with Gasteiger partial charge in [0.05, 0.1) is 17.6 Å². The number of ketones is 2. The fourth-order valence-electron chi connectivity index (χ4n) is 8.70. The second-order valence-electron chi connectivity index (χ2n) is 14.0. The molecule has 0 radical (unpaired) electrons. The highest BCUT2D eigenvalue weighted by Gasteiger charge is 2.76. The molecule has 8 atom stereocenters. The van der Waals surface area contributed by atoms with E-state index in [0.717, 1.165) is 5.56 Å². The molecule has 0 saturated heterocycles. The molecule has 2 amide bonds. The number of primary amides is 1. The molecule has 4 rings (SSSR count). The number of carbonyl (C=O) groups is 4. The van der Waals surface area contributed by atoms with Crippen LogP contribution in [0.15, 0.2) is 6.07 Å². The summed E-state index contributed by atoms with van der Waals surface area (Å²) in [6, 6.07) is 1.69. The Kier molecular flexibility index (Phi) is 9.38. The van der Waals surface area contributed by atoms with E-state index in [9.17, 15) is 39.6 Å². The number of benzene rings is 1. The van der Waals surface area contributed by atoms with Gasteiger partial charge in [-0.1, -0.05) is 76.3 Å². The highest BCUT2D eigenvalue weighted by molar-refractivity contribution is 6.67. The Balaban J connectivity index is 1.84. The van der Waals surface area contributed by atoms with E-state index in [4.69, 9.17) is 45.3 Å². The minimum atomic E-state index is -2.61. The lowest BCUT2D eigenvalue weighted by Gasteiger charge is -2.66. The van der Waals surface area contributed by atoms with Crippen molar-refractivity contribution in [3.05, 3.63) is 28.3 Å². The van der Waals surface area contributed by atoms with Crippen LogP contribution >= 0.6 is 34.8 Å². The molecule has 250 valence electrons. The molecule has 0 spiro atoms. The molecule has 14 heteroatoms. The van der Waals surface area contributed by atoms with E-state index in [1.54, 1.807) is 33.8 Å². The Labute approximate surface area is 276 Å². The molecule has 0 aromatic heterocycles. The average molecular weight is 692 g/mol. The molecule has 2 fully saturated rings. The molecule has 11 nitrogen and oxygen atoms in total. The Morgan fingerprint density at radius 3 is 2.27 bits per heavy atom. The van der Waals surface area contributed by atoms with Crippen molar-refractivity contribution in [2.24, 2.45) is 40.2 Å². The standard InChI is InChI=1S/C31H41Cl3N2O9/c1-12(2)15-7-14(9-36-27(43)45-11-30(32,33)34)21(37)17-16(15)8-28(5)10-29(6)19(13(3)4)23(39)18(26(35)42)24(40)31(29,44)25(41)20(28)22(17)38/h7,12-13,18-20,23,25,37,39,41,44H,8-11H2,1-6H3,(H2,35,42)(H,36,43)/t18-,19+,20-,23?,25?,28-,29-,31+/m1/s1. The number of hydrogen-bond donors (Lipinski definition) is 6. The van der Waals surface area contributed by atoms with Gasteiger partial charge in [-0.15, -0.1) is 0 Å². The molecular formula is C31H41Cl3N2O9. The normalized spacial score (nSPS) is 34.7. The van der Waals surface area contributed by atoms with Crippen LogP contribution < -0.4 is 11.1 Å². The number of hydrogen-bond acceptors (Lipinski definition) is 9.